The zero-order valence-corrected chi connectivity index (χ0v) is 11.0. The molecule has 0 aliphatic heterocycles. The number of carbonyl (C=O) groups excluding carboxylic acids is 1. The molecule has 20 heavy (non-hydrogen) atoms. The van der Waals surface area contributed by atoms with Crippen molar-refractivity contribution in [1.29, 1.82) is 0 Å². The van der Waals surface area contributed by atoms with Crippen LogP contribution in [0.3, 0.4) is 0 Å². The molecule has 0 aliphatic carbocycles. The number of pyridine rings is 1. The molecule has 0 unspecified atom stereocenters. The first-order chi connectivity index (χ1) is 9.26. The molecule has 0 fully saturated rings. The molecule has 0 amide bonds. The van der Waals surface area contributed by atoms with Gasteiger partial charge in [-0.3, -0.25) is 4.79 Å². The molecule has 0 saturated carbocycles. The number of esters is 1. The van der Waals surface area contributed by atoms with Gasteiger partial charge in [0.25, 0.3) is 5.95 Å². The second-order valence-electron chi connectivity index (χ2n) is 3.56. The number of carbonyl (C=O) groups is 1. The summed E-state index contributed by atoms with van der Waals surface area (Å²) < 4.78 is 58.3. The Morgan fingerprint density at radius 1 is 1.45 bits per heavy atom. The Morgan fingerprint density at radius 2 is 2.10 bits per heavy atom. The standard InChI is InChI=1S/C11H10ClF4NO3/c1-2-19-8(18)4-6-3-7(5-12)17-10(13)9(6)20-11(14,15)16/h3H,2,4-5H2,1H3. The van der Waals surface area contributed by atoms with E-state index in [9.17, 15) is 22.4 Å². The van der Waals surface area contributed by atoms with E-state index in [-0.39, 0.29) is 23.7 Å². The monoisotopic (exact) mass is 315 g/mol. The van der Waals surface area contributed by atoms with E-state index in [1.807, 2.05) is 0 Å². The quantitative estimate of drug-likeness (QED) is 0.363. The normalized spacial score (nSPS) is 11.3. The summed E-state index contributed by atoms with van der Waals surface area (Å²) in [6.07, 6.45) is -5.68. The highest BCUT2D eigenvalue weighted by molar-refractivity contribution is 6.16. The molecule has 0 bridgehead atoms. The molecule has 1 aromatic heterocycles. The molecule has 4 nitrogen and oxygen atoms in total. The number of rotatable bonds is 5. The highest BCUT2D eigenvalue weighted by atomic mass is 35.5. The van der Waals surface area contributed by atoms with Crippen LogP contribution in [0.25, 0.3) is 0 Å². The molecule has 1 rings (SSSR count). The van der Waals surface area contributed by atoms with Gasteiger partial charge < -0.3 is 9.47 Å². The van der Waals surface area contributed by atoms with Gasteiger partial charge in [0.1, 0.15) is 0 Å². The Hall–Kier alpha value is -1.57. The average Bonchev–Trinajstić information content (AvgIpc) is 2.32. The minimum atomic E-state index is -5.10. The van der Waals surface area contributed by atoms with Gasteiger partial charge in [-0.25, -0.2) is 4.98 Å². The lowest BCUT2D eigenvalue weighted by Gasteiger charge is -2.14. The van der Waals surface area contributed by atoms with E-state index in [1.54, 1.807) is 0 Å². The summed E-state index contributed by atoms with van der Waals surface area (Å²) in [5.41, 5.74) is -0.345. The molecule has 0 saturated heterocycles. The smallest absolute Gasteiger partial charge is 0.466 e. The summed E-state index contributed by atoms with van der Waals surface area (Å²) >= 11 is 5.45. The van der Waals surface area contributed by atoms with Gasteiger partial charge in [0.15, 0.2) is 5.75 Å². The van der Waals surface area contributed by atoms with Crippen LogP contribution in [0.1, 0.15) is 18.2 Å². The maximum atomic E-state index is 13.5. The third kappa shape index (κ3) is 4.84. The first-order valence-electron chi connectivity index (χ1n) is 5.42. The van der Waals surface area contributed by atoms with E-state index in [4.69, 9.17) is 11.6 Å². The number of alkyl halides is 4. The van der Waals surface area contributed by atoms with Crippen molar-refractivity contribution in [2.24, 2.45) is 0 Å². The van der Waals surface area contributed by atoms with Crippen LogP contribution in [-0.4, -0.2) is 23.9 Å². The van der Waals surface area contributed by atoms with Gasteiger partial charge in [-0.1, -0.05) is 0 Å². The maximum absolute atomic E-state index is 13.5. The first-order valence-corrected chi connectivity index (χ1v) is 5.96. The van der Waals surface area contributed by atoms with Crippen LogP contribution in [-0.2, 0) is 21.8 Å². The van der Waals surface area contributed by atoms with E-state index in [0.29, 0.717) is 0 Å². The van der Waals surface area contributed by atoms with Gasteiger partial charge in [-0.15, -0.1) is 24.8 Å². The Morgan fingerprint density at radius 3 is 2.60 bits per heavy atom. The second-order valence-corrected chi connectivity index (χ2v) is 3.82. The lowest BCUT2D eigenvalue weighted by Crippen LogP contribution is -2.21. The average molecular weight is 316 g/mol. The van der Waals surface area contributed by atoms with Crippen molar-refractivity contribution < 1.29 is 31.8 Å². The molecule has 0 aromatic carbocycles. The highest BCUT2D eigenvalue weighted by Gasteiger charge is 2.34. The van der Waals surface area contributed by atoms with E-state index in [1.165, 1.54) is 6.92 Å². The van der Waals surface area contributed by atoms with Crippen LogP contribution >= 0.6 is 11.6 Å². The zero-order chi connectivity index (χ0) is 15.3. The van der Waals surface area contributed by atoms with Gasteiger partial charge in [-0.2, -0.15) is 4.39 Å². The Kier molecular flexibility index (Phi) is 5.55. The Labute approximate surface area is 116 Å². The number of hydrogen-bond acceptors (Lipinski definition) is 4. The molecule has 1 aromatic rings. The van der Waals surface area contributed by atoms with Crippen molar-refractivity contribution in [3.8, 4) is 5.75 Å². The predicted molar refractivity (Wildman–Crippen MR) is 60.8 cm³/mol. The third-order valence-corrected chi connectivity index (χ3v) is 2.33. The fourth-order valence-electron chi connectivity index (χ4n) is 1.40. The molecule has 0 atom stereocenters. The SMILES string of the molecule is CCOC(=O)Cc1cc(CCl)nc(F)c1OC(F)(F)F. The number of halogens is 5. The van der Waals surface area contributed by atoms with Gasteiger partial charge in [0.2, 0.25) is 0 Å². The molecule has 112 valence electrons. The van der Waals surface area contributed by atoms with Gasteiger partial charge in [0, 0.05) is 5.56 Å². The maximum Gasteiger partial charge on any atom is 0.573 e. The summed E-state index contributed by atoms with van der Waals surface area (Å²) in [4.78, 5) is 14.5. The Bertz CT molecular complexity index is 493. The molecule has 0 N–H and O–H groups in total. The van der Waals surface area contributed by atoms with E-state index < -0.39 is 30.4 Å². The van der Waals surface area contributed by atoms with Crippen molar-refractivity contribution in [3.63, 3.8) is 0 Å². The molecule has 1 heterocycles. The van der Waals surface area contributed by atoms with E-state index >= 15 is 0 Å². The summed E-state index contributed by atoms with van der Waals surface area (Å²) in [7, 11) is 0. The summed E-state index contributed by atoms with van der Waals surface area (Å²) in [5, 5.41) is 0. The topological polar surface area (TPSA) is 48.4 Å². The van der Waals surface area contributed by atoms with Crippen LogP contribution in [0.15, 0.2) is 6.07 Å². The number of aromatic nitrogens is 1. The van der Waals surface area contributed by atoms with Crippen LogP contribution in [0.4, 0.5) is 17.6 Å². The molecule has 9 heteroatoms. The molecule has 0 aliphatic rings. The largest absolute Gasteiger partial charge is 0.573 e. The van der Waals surface area contributed by atoms with Gasteiger partial charge in [0.05, 0.1) is 24.6 Å². The number of hydrogen-bond donors (Lipinski definition) is 0. The van der Waals surface area contributed by atoms with E-state index in [0.717, 1.165) is 6.07 Å². The minimum absolute atomic E-state index is 0.0158. The lowest BCUT2D eigenvalue weighted by atomic mass is 10.1. The lowest BCUT2D eigenvalue weighted by molar-refractivity contribution is -0.276. The van der Waals surface area contributed by atoms with Crippen molar-refractivity contribution in [2.45, 2.75) is 25.6 Å². The summed E-state index contributed by atoms with van der Waals surface area (Å²) in [6.45, 7) is 1.58. The first kappa shape index (κ1) is 16.5. The Balaban J connectivity index is 3.15. The van der Waals surface area contributed by atoms with E-state index in [2.05, 4.69) is 14.5 Å². The van der Waals surface area contributed by atoms with Crippen LogP contribution in [0.2, 0.25) is 0 Å². The molecular formula is C11H10ClF4NO3. The third-order valence-electron chi connectivity index (χ3n) is 2.06. The molecule has 0 radical (unpaired) electrons. The van der Waals surface area contributed by atoms with Crippen LogP contribution in [0.5, 0.6) is 5.75 Å². The summed E-state index contributed by atoms with van der Waals surface area (Å²) in [6, 6.07) is 1.06. The second kappa shape index (κ2) is 6.74. The number of nitrogens with zero attached hydrogens (tertiary/aromatic N) is 1. The summed E-state index contributed by atoms with van der Waals surface area (Å²) in [5.74, 6) is -3.68. The van der Waals surface area contributed by atoms with Crippen molar-refractivity contribution in [1.82, 2.24) is 4.98 Å². The predicted octanol–water partition coefficient (Wildman–Crippen LogP) is 2.96. The fourth-order valence-corrected chi connectivity index (χ4v) is 1.54. The van der Waals surface area contributed by atoms with Crippen LogP contribution < -0.4 is 4.74 Å². The number of ether oxygens (including phenoxy) is 2. The van der Waals surface area contributed by atoms with Crippen molar-refractivity contribution in [2.75, 3.05) is 6.61 Å². The van der Waals surface area contributed by atoms with Crippen molar-refractivity contribution >= 4 is 17.6 Å². The van der Waals surface area contributed by atoms with Crippen LogP contribution in [0, 0.1) is 5.95 Å². The molecular weight excluding hydrogens is 306 g/mol. The molecule has 0 spiro atoms. The van der Waals surface area contributed by atoms with Gasteiger partial charge in [-0.05, 0) is 13.0 Å². The fraction of sp³-hybridized carbons (Fsp3) is 0.455. The zero-order valence-electron chi connectivity index (χ0n) is 10.3. The highest BCUT2D eigenvalue weighted by Crippen LogP contribution is 2.30. The van der Waals surface area contributed by atoms with Crippen molar-refractivity contribution in [3.05, 3.63) is 23.3 Å². The van der Waals surface area contributed by atoms with Gasteiger partial charge >= 0.3 is 12.3 Å². The minimum Gasteiger partial charge on any atom is -0.466 e.